The van der Waals surface area contributed by atoms with Crippen molar-refractivity contribution < 1.29 is 13.6 Å². The lowest BCUT2D eigenvalue weighted by Gasteiger charge is -2.15. The number of carbonyl (C=O) groups excluding carboxylic acids is 1. The summed E-state index contributed by atoms with van der Waals surface area (Å²) in [5.74, 6) is -1.55. The van der Waals surface area contributed by atoms with Gasteiger partial charge in [0.25, 0.3) is 0 Å². The number of nitrogens with two attached hydrogens (primary N) is 2. The zero-order valence-electron chi connectivity index (χ0n) is 16.2. The first-order valence-electron chi connectivity index (χ1n) is 9.14. The summed E-state index contributed by atoms with van der Waals surface area (Å²) in [5, 5.41) is 8.19. The first-order valence-corrected chi connectivity index (χ1v) is 9.14. The Morgan fingerprint density at radius 3 is 2.70 bits per heavy atom. The van der Waals surface area contributed by atoms with Crippen molar-refractivity contribution in [3.63, 3.8) is 0 Å². The third-order valence-electron chi connectivity index (χ3n) is 4.65. The number of hydrogen-bond acceptors (Lipinski definition) is 5. The molecule has 2 amide bonds. The number of aliphatic imine (C=N–C) groups is 1. The van der Waals surface area contributed by atoms with E-state index in [0.717, 1.165) is 35.2 Å². The molecular formula is C21H22F2N6O. The van der Waals surface area contributed by atoms with Gasteiger partial charge in [0.1, 0.15) is 11.6 Å². The minimum absolute atomic E-state index is 0.0561. The fraction of sp³-hybridized carbons (Fsp3) is 0.143. The van der Waals surface area contributed by atoms with E-state index in [2.05, 4.69) is 20.9 Å². The summed E-state index contributed by atoms with van der Waals surface area (Å²) in [4.78, 5) is 16.0. The van der Waals surface area contributed by atoms with E-state index in [9.17, 15) is 13.6 Å². The summed E-state index contributed by atoms with van der Waals surface area (Å²) in [7, 11) is 1.49. The third-order valence-corrected chi connectivity index (χ3v) is 4.65. The van der Waals surface area contributed by atoms with Crippen LogP contribution in [0.2, 0.25) is 0 Å². The van der Waals surface area contributed by atoms with Crippen LogP contribution in [0.1, 0.15) is 22.7 Å². The molecule has 3 rings (SSSR count). The molecule has 0 spiro atoms. The highest BCUT2D eigenvalue weighted by atomic mass is 19.1. The van der Waals surface area contributed by atoms with Gasteiger partial charge in [0.05, 0.1) is 17.4 Å². The van der Waals surface area contributed by atoms with E-state index in [-0.39, 0.29) is 29.4 Å². The molecule has 7 N–H and O–H groups in total. The number of carbonyl (C=O) groups is 1. The number of nitrogens with one attached hydrogen (secondary N) is 3. The highest BCUT2D eigenvalue weighted by Gasteiger charge is 2.25. The quantitative estimate of drug-likeness (QED) is 0.485. The molecule has 1 unspecified atom stereocenters. The van der Waals surface area contributed by atoms with Gasteiger partial charge < -0.3 is 27.4 Å². The minimum atomic E-state index is -0.803. The van der Waals surface area contributed by atoms with Crippen LogP contribution in [0.3, 0.4) is 0 Å². The summed E-state index contributed by atoms with van der Waals surface area (Å²) < 4.78 is 28.8. The van der Waals surface area contributed by atoms with Gasteiger partial charge in [0.15, 0.2) is 0 Å². The van der Waals surface area contributed by atoms with Crippen molar-refractivity contribution in [1.82, 2.24) is 10.6 Å². The largest absolute Gasteiger partial charge is 0.404 e. The normalized spacial score (nSPS) is 17.1. The summed E-state index contributed by atoms with van der Waals surface area (Å²) in [6, 6.07) is 8.62. The lowest BCUT2D eigenvalue weighted by molar-refractivity contribution is 0.251. The van der Waals surface area contributed by atoms with Gasteiger partial charge >= 0.3 is 6.03 Å². The summed E-state index contributed by atoms with van der Waals surface area (Å²) in [6.07, 6.45) is 3.90. The standard InChI is InChI=1S/C21H22F2N6O/c1-26-10-12(8-24)15-6-17(23)18(7-16(15)22)29-21(30)27-11-20-14-5-3-2-4-13(14)19(9-25)28-20/h2-10,20,28H,11,24-25H2,1H3,(H2,27,29,30)/b12-8?,19-9-,26-10?. The molecule has 30 heavy (non-hydrogen) atoms. The maximum atomic E-state index is 14.4. The third kappa shape index (κ3) is 4.24. The van der Waals surface area contributed by atoms with Crippen LogP contribution in [0, 0.1) is 11.6 Å². The highest BCUT2D eigenvalue weighted by molar-refractivity contribution is 6.09. The van der Waals surface area contributed by atoms with Crippen LogP contribution in [0.25, 0.3) is 11.3 Å². The number of halogens is 2. The molecule has 9 heteroatoms. The van der Waals surface area contributed by atoms with Gasteiger partial charge in [0.2, 0.25) is 0 Å². The van der Waals surface area contributed by atoms with Gasteiger partial charge in [-0.15, -0.1) is 0 Å². The molecule has 1 aliphatic rings. The fourth-order valence-corrected chi connectivity index (χ4v) is 3.25. The molecule has 2 aromatic rings. The molecule has 1 atom stereocenters. The topological polar surface area (TPSA) is 118 Å². The molecule has 156 valence electrons. The van der Waals surface area contributed by atoms with Gasteiger partial charge in [-0.25, -0.2) is 13.6 Å². The van der Waals surface area contributed by atoms with Crippen LogP contribution in [0.15, 0.2) is 53.8 Å². The molecule has 0 saturated heterocycles. The number of rotatable bonds is 5. The van der Waals surface area contributed by atoms with Crippen molar-refractivity contribution in [2.75, 3.05) is 18.9 Å². The number of urea groups is 1. The Kier molecular flexibility index (Phi) is 6.31. The Morgan fingerprint density at radius 2 is 2.00 bits per heavy atom. The Labute approximate surface area is 172 Å². The molecule has 0 saturated carbocycles. The van der Waals surface area contributed by atoms with Gasteiger partial charge in [0, 0.05) is 55.0 Å². The van der Waals surface area contributed by atoms with E-state index in [4.69, 9.17) is 11.5 Å². The van der Waals surface area contributed by atoms with Crippen molar-refractivity contribution in [2.24, 2.45) is 16.5 Å². The van der Waals surface area contributed by atoms with Gasteiger partial charge in [-0.05, 0) is 11.6 Å². The highest BCUT2D eigenvalue weighted by Crippen LogP contribution is 2.31. The predicted octanol–water partition coefficient (Wildman–Crippen LogP) is 2.69. The van der Waals surface area contributed by atoms with Crippen LogP contribution in [0.5, 0.6) is 0 Å². The van der Waals surface area contributed by atoms with Gasteiger partial charge in [-0.3, -0.25) is 4.99 Å². The van der Waals surface area contributed by atoms with Crippen molar-refractivity contribution in [3.8, 4) is 0 Å². The molecule has 2 aromatic carbocycles. The van der Waals surface area contributed by atoms with E-state index in [1.165, 1.54) is 19.5 Å². The Bertz CT molecular complexity index is 1050. The van der Waals surface area contributed by atoms with Crippen LogP contribution in [-0.2, 0) is 0 Å². The van der Waals surface area contributed by atoms with E-state index in [0.29, 0.717) is 0 Å². The molecule has 0 aliphatic carbocycles. The zero-order chi connectivity index (χ0) is 21.7. The second-order valence-electron chi connectivity index (χ2n) is 6.52. The molecule has 0 bridgehead atoms. The number of anilines is 1. The number of allylic oxidation sites excluding steroid dienone is 1. The van der Waals surface area contributed by atoms with Crippen LogP contribution in [-0.4, -0.2) is 25.8 Å². The van der Waals surface area contributed by atoms with Gasteiger partial charge in [-0.1, -0.05) is 24.3 Å². The number of benzene rings is 2. The van der Waals surface area contributed by atoms with E-state index in [1.54, 1.807) is 0 Å². The van der Waals surface area contributed by atoms with E-state index >= 15 is 0 Å². The van der Waals surface area contributed by atoms with Crippen LogP contribution in [0.4, 0.5) is 19.3 Å². The second kappa shape index (κ2) is 9.08. The number of hydrogen-bond donors (Lipinski definition) is 5. The SMILES string of the molecule is CN=CC(=CN)c1cc(F)c(NC(=O)NCC2N/C(=C\N)c3ccccc32)cc1F. The Morgan fingerprint density at radius 1 is 1.23 bits per heavy atom. The summed E-state index contributed by atoms with van der Waals surface area (Å²) >= 11 is 0. The molecule has 1 heterocycles. The van der Waals surface area contributed by atoms with Crippen molar-refractivity contribution in [1.29, 1.82) is 0 Å². The van der Waals surface area contributed by atoms with Crippen LogP contribution >= 0.6 is 0 Å². The van der Waals surface area contributed by atoms with Gasteiger partial charge in [-0.2, -0.15) is 0 Å². The molecule has 1 aliphatic heterocycles. The molecule has 0 radical (unpaired) electrons. The minimum Gasteiger partial charge on any atom is -0.404 e. The Hall–Kier alpha value is -3.88. The first-order chi connectivity index (χ1) is 14.5. The lowest BCUT2D eigenvalue weighted by Crippen LogP contribution is -2.35. The smallest absolute Gasteiger partial charge is 0.319 e. The van der Waals surface area contributed by atoms with E-state index in [1.807, 2.05) is 24.3 Å². The molecule has 7 nitrogen and oxygen atoms in total. The maximum Gasteiger partial charge on any atom is 0.319 e. The number of fused-ring (bicyclic) bond motifs is 1. The zero-order valence-corrected chi connectivity index (χ0v) is 16.2. The number of nitrogens with zero attached hydrogens (tertiary/aromatic N) is 1. The van der Waals surface area contributed by atoms with Crippen LogP contribution < -0.4 is 27.4 Å². The monoisotopic (exact) mass is 412 g/mol. The summed E-state index contributed by atoms with van der Waals surface area (Å²) in [5.41, 5.74) is 13.7. The fourth-order valence-electron chi connectivity index (χ4n) is 3.25. The first kappa shape index (κ1) is 20.8. The maximum absolute atomic E-state index is 14.4. The van der Waals surface area contributed by atoms with Crippen molar-refractivity contribution in [2.45, 2.75) is 6.04 Å². The van der Waals surface area contributed by atoms with Crippen molar-refractivity contribution in [3.05, 3.63) is 77.1 Å². The second-order valence-corrected chi connectivity index (χ2v) is 6.52. The average molecular weight is 412 g/mol. The predicted molar refractivity (Wildman–Crippen MR) is 114 cm³/mol. The number of amides is 2. The molecular weight excluding hydrogens is 390 g/mol. The Balaban J connectivity index is 1.68. The molecule has 0 aromatic heterocycles. The average Bonchev–Trinajstić information content (AvgIpc) is 3.11. The lowest BCUT2D eigenvalue weighted by atomic mass is 10.0. The molecule has 0 fully saturated rings. The summed E-state index contributed by atoms with van der Waals surface area (Å²) in [6.45, 7) is 0.218. The van der Waals surface area contributed by atoms with Crippen molar-refractivity contribution >= 4 is 29.2 Å². The van der Waals surface area contributed by atoms with E-state index < -0.39 is 17.7 Å².